The van der Waals surface area contributed by atoms with Gasteiger partial charge in [0, 0.05) is 0 Å². The maximum Gasteiger partial charge on any atom is 0.350 e. The Labute approximate surface area is 130 Å². The number of hydrogen-bond acceptors (Lipinski definition) is 6. The third kappa shape index (κ3) is 2.75. The fourth-order valence-corrected chi connectivity index (χ4v) is 2.79. The second-order valence-corrected chi connectivity index (χ2v) is 5.42. The van der Waals surface area contributed by atoms with Crippen LogP contribution in [0.4, 0.5) is 5.69 Å². The van der Waals surface area contributed by atoms with Gasteiger partial charge in [0.15, 0.2) is 11.5 Å². The Morgan fingerprint density at radius 1 is 1.27 bits per heavy atom. The average molecular weight is 319 g/mol. The number of anilines is 1. The molecule has 0 fully saturated rings. The number of carbonyl (C=O) groups is 2. The summed E-state index contributed by atoms with van der Waals surface area (Å²) in [5.74, 6) is 0.263. The van der Waals surface area contributed by atoms with E-state index in [0.29, 0.717) is 22.1 Å². The molecule has 1 aliphatic rings. The molecule has 0 spiro atoms. The van der Waals surface area contributed by atoms with Crippen LogP contribution < -0.4 is 14.8 Å². The maximum absolute atomic E-state index is 12.3. The third-order valence-corrected chi connectivity index (χ3v) is 3.99. The predicted molar refractivity (Wildman–Crippen MR) is 80.6 cm³/mol. The van der Waals surface area contributed by atoms with Gasteiger partial charge < -0.3 is 19.5 Å². The normalized spacial score (nSPS) is 16.0. The van der Waals surface area contributed by atoms with Crippen LogP contribution in [-0.4, -0.2) is 31.7 Å². The van der Waals surface area contributed by atoms with Gasteiger partial charge in [-0.15, -0.1) is 11.3 Å². The molecule has 2 aromatic rings. The Kier molecular flexibility index (Phi) is 3.97. The number of fused-ring (bicyclic) bond motifs is 1. The van der Waals surface area contributed by atoms with E-state index in [-0.39, 0.29) is 12.5 Å². The van der Waals surface area contributed by atoms with Crippen LogP contribution in [-0.2, 0) is 9.53 Å². The molecule has 1 atom stereocenters. The van der Waals surface area contributed by atoms with Gasteiger partial charge in [0.05, 0.1) is 12.8 Å². The van der Waals surface area contributed by atoms with Gasteiger partial charge in [-0.05, 0) is 23.6 Å². The van der Waals surface area contributed by atoms with Crippen molar-refractivity contribution in [3.05, 3.63) is 40.6 Å². The minimum Gasteiger partial charge on any atom is -0.485 e. The lowest BCUT2D eigenvalue weighted by Gasteiger charge is -2.25. The number of amides is 1. The summed E-state index contributed by atoms with van der Waals surface area (Å²) >= 11 is 1.20. The van der Waals surface area contributed by atoms with Crippen molar-refractivity contribution in [3.63, 3.8) is 0 Å². The molecule has 3 rings (SSSR count). The summed E-state index contributed by atoms with van der Waals surface area (Å²) in [6, 6.07) is 8.79. The summed E-state index contributed by atoms with van der Waals surface area (Å²) in [5, 5.41) is 4.38. The van der Waals surface area contributed by atoms with Gasteiger partial charge in [0.2, 0.25) is 6.10 Å². The van der Waals surface area contributed by atoms with Crippen LogP contribution in [0.5, 0.6) is 11.5 Å². The summed E-state index contributed by atoms with van der Waals surface area (Å²) < 4.78 is 15.8. The number of methoxy groups -OCH3 is 1. The first-order chi connectivity index (χ1) is 10.7. The number of rotatable bonds is 3. The highest BCUT2D eigenvalue weighted by Gasteiger charge is 2.28. The molecule has 0 radical (unpaired) electrons. The molecule has 0 bridgehead atoms. The van der Waals surface area contributed by atoms with Gasteiger partial charge in [-0.25, -0.2) is 4.79 Å². The molecule has 0 saturated carbocycles. The zero-order chi connectivity index (χ0) is 15.5. The van der Waals surface area contributed by atoms with Gasteiger partial charge in [0.1, 0.15) is 11.5 Å². The Balaban J connectivity index is 1.71. The fourth-order valence-electron chi connectivity index (χ4n) is 2.02. The highest BCUT2D eigenvalue weighted by atomic mass is 32.1. The fraction of sp³-hybridized carbons (Fsp3) is 0.200. The lowest BCUT2D eigenvalue weighted by molar-refractivity contribution is -0.125. The number of ether oxygens (including phenoxy) is 3. The van der Waals surface area contributed by atoms with E-state index in [2.05, 4.69) is 10.1 Å². The minimum absolute atomic E-state index is 0.112. The smallest absolute Gasteiger partial charge is 0.350 e. The molecule has 1 aromatic carbocycles. The third-order valence-electron chi connectivity index (χ3n) is 3.09. The Morgan fingerprint density at radius 2 is 2.05 bits per heavy atom. The minimum atomic E-state index is -0.778. The molecule has 7 heteroatoms. The van der Waals surface area contributed by atoms with Gasteiger partial charge in [-0.3, -0.25) is 4.79 Å². The molecule has 1 amide bonds. The number of benzene rings is 1. The molecule has 2 heterocycles. The maximum atomic E-state index is 12.3. The standard InChI is InChI=1S/C15H13NO5S/c1-19-15(18)13-9(6-7-22-13)16-14(17)12-8-20-10-4-2-3-5-11(10)21-12/h2-7,12H,8H2,1H3,(H,16,17)/t12-/m1/s1. The van der Waals surface area contributed by atoms with Crippen LogP contribution in [0.3, 0.4) is 0 Å². The van der Waals surface area contributed by atoms with E-state index in [0.717, 1.165) is 0 Å². The summed E-state index contributed by atoms with van der Waals surface area (Å²) in [6.07, 6.45) is -0.778. The molecule has 0 unspecified atom stereocenters. The van der Waals surface area contributed by atoms with Crippen LogP contribution in [0.25, 0.3) is 0 Å². The Hall–Kier alpha value is -2.54. The number of hydrogen-bond donors (Lipinski definition) is 1. The van der Waals surface area contributed by atoms with Crippen molar-refractivity contribution in [2.45, 2.75) is 6.10 Å². The molecule has 1 N–H and O–H groups in total. The summed E-state index contributed by atoms with van der Waals surface area (Å²) in [4.78, 5) is 24.2. The van der Waals surface area contributed by atoms with Gasteiger partial charge in [0.25, 0.3) is 5.91 Å². The predicted octanol–water partition coefficient (Wildman–Crippen LogP) is 2.31. The van der Waals surface area contributed by atoms with Crippen molar-refractivity contribution in [1.29, 1.82) is 0 Å². The van der Waals surface area contributed by atoms with E-state index in [4.69, 9.17) is 9.47 Å². The van der Waals surface area contributed by atoms with Crippen molar-refractivity contribution in [2.75, 3.05) is 19.0 Å². The zero-order valence-corrected chi connectivity index (χ0v) is 12.5. The van der Waals surface area contributed by atoms with Crippen LogP contribution >= 0.6 is 11.3 Å². The molecule has 0 aliphatic carbocycles. The first kappa shape index (κ1) is 14.4. The molecule has 0 saturated heterocycles. The number of esters is 1. The van der Waals surface area contributed by atoms with Gasteiger partial charge in [-0.1, -0.05) is 12.1 Å². The van der Waals surface area contributed by atoms with Crippen molar-refractivity contribution in [3.8, 4) is 11.5 Å². The second-order valence-electron chi connectivity index (χ2n) is 4.51. The van der Waals surface area contributed by atoms with E-state index >= 15 is 0 Å². The average Bonchev–Trinajstić information content (AvgIpc) is 3.01. The molecule has 1 aromatic heterocycles. The molecule has 22 heavy (non-hydrogen) atoms. The van der Waals surface area contributed by atoms with E-state index in [1.165, 1.54) is 18.4 Å². The Bertz CT molecular complexity index is 711. The number of nitrogens with one attached hydrogen (secondary N) is 1. The zero-order valence-electron chi connectivity index (χ0n) is 11.7. The monoisotopic (exact) mass is 319 g/mol. The van der Waals surface area contributed by atoms with E-state index in [1.54, 1.807) is 29.6 Å². The highest BCUT2D eigenvalue weighted by molar-refractivity contribution is 7.12. The quantitative estimate of drug-likeness (QED) is 0.879. The molecule has 114 valence electrons. The van der Waals surface area contributed by atoms with E-state index in [9.17, 15) is 9.59 Å². The van der Waals surface area contributed by atoms with Crippen LogP contribution in [0.15, 0.2) is 35.7 Å². The molecular weight excluding hydrogens is 306 g/mol. The topological polar surface area (TPSA) is 73.9 Å². The van der Waals surface area contributed by atoms with Crippen molar-refractivity contribution in [1.82, 2.24) is 0 Å². The van der Waals surface area contributed by atoms with E-state index < -0.39 is 12.1 Å². The van der Waals surface area contributed by atoms with E-state index in [1.807, 2.05) is 6.07 Å². The lowest BCUT2D eigenvalue weighted by atomic mass is 10.2. The SMILES string of the molecule is COC(=O)c1sccc1NC(=O)[C@H]1COc2ccccc2O1. The Morgan fingerprint density at radius 3 is 2.82 bits per heavy atom. The second kappa shape index (κ2) is 6.07. The van der Waals surface area contributed by atoms with Crippen molar-refractivity contribution in [2.24, 2.45) is 0 Å². The van der Waals surface area contributed by atoms with Gasteiger partial charge in [-0.2, -0.15) is 0 Å². The first-order valence-corrected chi connectivity index (χ1v) is 7.42. The molecule has 1 aliphatic heterocycles. The van der Waals surface area contributed by atoms with Crippen LogP contribution in [0.1, 0.15) is 9.67 Å². The summed E-state index contributed by atoms with van der Waals surface area (Å²) in [5.41, 5.74) is 0.407. The number of para-hydroxylation sites is 2. The van der Waals surface area contributed by atoms with Crippen molar-refractivity contribution >= 4 is 28.9 Å². The van der Waals surface area contributed by atoms with Crippen molar-refractivity contribution < 1.29 is 23.8 Å². The number of carbonyl (C=O) groups excluding carboxylic acids is 2. The first-order valence-electron chi connectivity index (χ1n) is 6.54. The van der Waals surface area contributed by atoms with Crippen LogP contribution in [0, 0.1) is 0 Å². The van der Waals surface area contributed by atoms with Crippen LogP contribution in [0.2, 0.25) is 0 Å². The molecule has 6 nitrogen and oxygen atoms in total. The summed E-state index contributed by atoms with van der Waals surface area (Å²) in [7, 11) is 1.29. The lowest BCUT2D eigenvalue weighted by Crippen LogP contribution is -2.40. The van der Waals surface area contributed by atoms with Gasteiger partial charge >= 0.3 is 5.97 Å². The number of thiophene rings is 1. The highest BCUT2D eigenvalue weighted by Crippen LogP contribution is 2.31. The largest absolute Gasteiger partial charge is 0.485 e. The molecular formula is C15H13NO5S. The summed E-state index contributed by atoms with van der Waals surface area (Å²) in [6.45, 7) is 0.112.